The van der Waals surface area contributed by atoms with E-state index in [4.69, 9.17) is 10.5 Å². The van der Waals surface area contributed by atoms with Crippen molar-refractivity contribution >= 4 is 11.8 Å². The van der Waals surface area contributed by atoms with Crippen molar-refractivity contribution in [2.75, 3.05) is 39.8 Å². The van der Waals surface area contributed by atoms with E-state index in [-0.39, 0.29) is 11.8 Å². The van der Waals surface area contributed by atoms with Crippen LogP contribution in [0.3, 0.4) is 0 Å². The number of primary amides is 1. The van der Waals surface area contributed by atoms with Crippen LogP contribution in [0.1, 0.15) is 47.2 Å². The van der Waals surface area contributed by atoms with E-state index in [1.807, 2.05) is 12.1 Å². The van der Waals surface area contributed by atoms with Crippen LogP contribution in [0, 0.1) is 11.6 Å². The number of methoxy groups -OCH3 is 1. The van der Waals surface area contributed by atoms with Crippen LogP contribution in [0.2, 0.25) is 0 Å². The van der Waals surface area contributed by atoms with E-state index in [1.165, 1.54) is 24.2 Å². The molecule has 1 unspecified atom stereocenters. The molecule has 4 aromatic rings. The molecule has 0 saturated carbocycles. The highest BCUT2D eigenvalue weighted by Gasteiger charge is 2.45. The van der Waals surface area contributed by atoms with E-state index in [2.05, 4.69) is 25.4 Å². The largest absolute Gasteiger partial charge is 0.496 e. The first-order valence-corrected chi connectivity index (χ1v) is 14.8. The third-order valence-corrected chi connectivity index (χ3v) is 9.50. The highest BCUT2D eigenvalue weighted by molar-refractivity contribution is 5.98. The first kappa shape index (κ1) is 30.3. The van der Waals surface area contributed by atoms with Crippen LogP contribution in [0.4, 0.5) is 8.78 Å². The highest BCUT2D eigenvalue weighted by atomic mass is 19.2. The number of piperidine rings is 1. The molecule has 2 fully saturated rings. The number of nitrogens with zero attached hydrogens (tertiary/aromatic N) is 7. The number of carbonyl (C=O) groups excluding carboxylic acids is 2. The second-order valence-corrected chi connectivity index (χ2v) is 11.8. The first-order chi connectivity index (χ1) is 21.7. The maximum absolute atomic E-state index is 14.6. The summed E-state index contributed by atoms with van der Waals surface area (Å²) < 4.78 is 35.5. The fourth-order valence-corrected chi connectivity index (χ4v) is 6.77. The molecular weight excluding hydrogens is 582 g/mol. The van der Waals surface area contributed by atoms with Gasteiger partial charge in [0.2, 0.25) is 5.91 Å². The number of tetrazole rings is 1. The van der Waals surface area contributed by atoms with Crippen LogP contribution in [0.25, 0.3) is 5.69 Å². The summed E-state index contributed by atoms with van der Waals surface area (Å²) in [5.41, 5.74) is 6.92. The van der Waals surface area contributed by atoms with Gasteiger partial charge in [0.05, 0.1) is 23.8 Å². The second-order valence-electron chi connectivity index (χ2n) is 11.8. The molecule has 0 spiro atoms. The quantitative estimate of drug-likeness (QED) is 0.304. The number of pyridine rings is 1. The van der Waals surface area contributed by atoms with E-state index in [1.54, 1.807) is 41.6 Å². The lowest BCUT2D eigenvalue weighted by Gasteiger charge is -2.41. The Labute approximate surface area is 259 Å². The van der Waals surface area contributed by atoms with E-state index >= 15 is 0 Å². The van der Waals surface area contributed by atoms with Gasteiger partial charge in [0.15, 0.2) is 11.6 Å². The normalized spacial score (nSPS) is 19.8. The minimum Gasteiger partial charge on any atom is -0.496 e. The van der Waals surface area contributed by atoms with Gasteiger partial charge in [-0.05, 0) is 103 Å². The summed E-state index contributed by atoms with van der Waals surface area (Å²) in [5.74, 6) is -2.04. The molecule has 2 aliphatic rings. The Hall–Kier alpha value is -4.78. The standard InChI is InChI=1S/C32H34F2N8O3/c1-45-28-7-5-24(42-21-37-38-39-42)18-25(28)29(43)41-16-9-31(20-41,22-4-6-26(33)27(34)17-22)8-13-40-14-10-32(11-15-40,30(35)44)23-3-2-12-36-19-23/h2-7,12,17-19,21H,8-11,13-16,20H2,1H3,(H2,35,44). The van der Waals surface area contributed by atoms with Gasteiger partial charge in [-0.15, -0.1) is 5.10 Å². The zero-order valence-corrected chi connectivity index (χ0v) is 24.9. The molecule has 2 aromatic heterocycles. The molecule has 11 nitrogen and oxygen atoms in total. The average molecular weight is 617 g/mol. The maximum atomic E-state index is 14.6. The Balaban J connectivity index is 1.23. The fraction of sp³-hybridized carbons (Fsp3) is 0.375. The van der Waals surface area contributed by atoms with Gasteiger partial charge in [-0.2, -0.15) is 0 Å². The van der Waals surface area contributed by atoms with Crippen LogP contribution in [0.5, 0.6) is 5.75 Å². The molecule has 45 heavy (non-hydrogen) atoms. The predicted molar refractivity (Wildman–Crippen MR) is 160 cm³/mol. The van der Waals surface area contributed by atoms with Crippen molar-refractivity contribution in [1.29, 1.82) is 0 Å². The molecule has 2 amide bonds. The second kappa shape index (κ2) is 12.3. The number of carbonyl (C=O) groups is 2. The van der Waals surface area contributed by atoms with E-state index < -0.39 is 22.5 Å². The number of amides is 2. The SMILES string of the molecule is COc1ccc(-n2cnnn2)cc1C(=O)N1CCC(CCN2CCC(C(N)=O)(c3cccnc3)CC2)(c2ccc(F)c(F)c2)C1. The maximum Gasteiger partial charge on any atom is 0.257 e. The van der Waals surface area contributed by atoms with Crippen molar-refractivity contribution in [3.05, 3.63) is 95.6 Å². The zero-order chi connectivity index (χ0) is 31.6. The van der Waals surface area contributed by atoms with E-state index in [0.717, 1.165) is 11.6 Å². The van der Waals surface area contributed by atoms with Gasteiger partial charge in [-0.1, -0.05) is 12.1 Å². The molecule has 234 valence electrons. The summed E-state index contributed by atoms with van der Waals surface area (Å²) in [6, 6.07) is 12.8. The fourth-order valence-electron chi connectivity index (χ4n) is 6.77. The molecule has 2 aliphatic heterocycles. The minimum absolute atomic E-state index is 0.244. The Bertz CT molecular complexity index is 1680. The molecule has 13 heteroatoms. The summed E-state index contributed by atoms with van der Waals surface area (Å²) in [7, 11) is 1.50. The van der Waals surface area contributed by atoms with Crippen LogP contribution in [-0.4, -0.2) is 86.6 Å². The van der Waals surface area contributed by atoms with Crippen molar-refractivity contribution in [3.63, 3.8) is 0 Å². The van der Waals surface area contributed by atoms with Gasteiger partial charge in [0.1, 0.15) is 12.1 Å². The molecule has 6 rings (SSSR count). The lowest BCUT2D eigenvalue weighted by molar-refractivity contribution is -0.125. The van der Waals surface area contributed by atoms with Gasteiger partial charge >= 0.3 is 0 Å². The third kappa shape index (κ3) is 5.75. The van der Waals surface area contributed by atoms with Crippen LogP contribution < -0.4 is 10.5 Å². The van der Waals surface area contributed by atoms with Crippen LogP contribution in [-0.2, 0) is 15.6 Å². The lowest BCUT2D eigenvalue weighted by Crippen LogP contribution is -2.50. The molecule has 2 N–H and O–H groups in total. The van der Waals surface area contributed by atoms with Crippen molar-refractivity contribution in [3.8, 4) is 11.4 Å². The summed E-state index contributed by atoms with van der Waals surface area (Å²) in [4.78, 5) is 34.8. The number of ether oxygens (including phenoxy) is 1. The number of nitrogens with two attached hydrogens (primary N) is 1. The van der Waals surface area contributed by atoms with E-state index in [9.17, 15) is 18.4 Å². The van der Waals surface area contributed by atoms with Gasteiger partial charge < -0.3 is 20.3 Å². The number of rotatable bonds is 9. The number of hydrogen-bond donors (Lipinski definition) is 1. The summed E-state index contributed by atoms with van der Waals surface area (Å²) in [5, 5.41) is 11.3. The predicted octanol–water partition coefficient (Wildman–Crippen LogP) is 3.04. The number of hydrogen-bond acceptors (Lipinski definition) is 8. The topological polar surface area (TPSA) is 132 Å². The smallest absolute Gasteiger partial charge is 0.257 e. The Morgan fingerprint density at radius 2 is 1.82 bits per heavy atom. The molecule has 4 heterocycles. The molecule has 1 atom stereocenters. The summed E-state index contributed by atoms with van der Waals surface area (Å²) >= 11 is 0. The molecule has 0 aliphatic carbocycles. The zero-order valence-electron chi connectivity index (χ0n) is 24.9. The number of benzene rings is 2. The van der Waals surface area contributed by atoms with Crippen molar-refractivity contribution in [2.45, 2.75) is 36.5 Å². The molecular formula is C32H34F2N8O3. The van der Waals surface area contributed by atoms with Crippen molar-refractivity contribution in [1.82, 2.24) is 35.0 Å². The Morgan fingerprint density at radius 1 is 1.00 bits per heavy atom. The third-order valence-electron chi connectivity index (χ3n) is 9.50. The van der Waals surface area contributed by atoms with Crippen molar-refractivity contribution in [2.24, 2.45) is 5.73 Å². The number of halogens is 2. The Morgan fingerprint density at radius 3 is 2.49 bits per heavy atom. The molecule has 2 aromatic carbocycles. The van der Waals surface area contributed by atoms with Gasteiger partial charge in [0, 0.05) is 30.9 Å². The summed E-state index contributed by atoms with van der Waals surface area (Å²) in [6.07, 6.45) is 7.07. The van der Waals surface area contributed by atoms with Crippen molar-refractivity contribution < 1.29 is 23.1 Å². The monoisotopic (exact) mass is 616 g/mol. The number of aromatic nitrogens is 5. The molecule has 2 saturated heterocycles. The first-order valence-electron chi connectivity index (χ1n) is 14.8. The highest BCUT2D eigenvalue weighted by Crippen LogP contribution is 2.41. The van der Waals surface area contributed by atoms with Gasteiger partial charge in [-0.25, -0.2) is 13.5 Å². The Kier molecular flexibility index (Phi) is 8.28. The van der Waals surface area contributed by atoms with Gasteiger partial charge in [-0.3, -0.25) is 14.6 Å². The van der Waals surface area contributed by atoms with Crippen LogP contribution >= 0.6 is 0 Å². The summed E-state index contributed by atoms with van der Waals surface area (Å²) in [6.45, 7) is 2.64. The van der Waals surface area contributed by atoms with Crippen LogP contribution in [0.15, 0.2) is 67.3 Å². The molecule has 0 radical (unpaired) electrons. The number of likely N-dealkylation sites (tertiary alicyclic amines) is 2. The minimum atomic E-state index is -0.923. The van der Waals surface area contributed by atoms with E-state index in [0.29, 0.717) is 81.0 Å². The lowest BCUT2D eigenvalue weighted by atomic mass is 9.72. The average Bonchev–Trinajstić information content (AvgIpc) is 3.77. The molecule has 0 bridgehead atoms. The van der Waals surface area contributed by atoms with Gasteiger partial charge in [0.25, 0.3) is 5.91 Å².